The molecule has 0 atom stereocenters. The fourth-order valence-corrected chi connectivity index (χ4v) is 3.36. The molecule has 0 bridgehead atoms. The number of benzene rings is 1. The van der Waals surface area contributed by atoms with Crippen molar-refractivity contribution in [1.82, 2.24) is 19.6 Å². The van der Waals surface area contributed by atoms with E-state index in [0.717, 1.165) is 23.4 Å². The minimum absolute atomic E-state index is 0.0131. The van der Waals surface area contributed by atoms with Crippen molar-refractivity contribution in [3.8, 4) is 11.1 Å². The van der Waals surface area contributed by atoms with Gasteiger partial charge >= 0.3 is 6.09 Å². The van der Waals surface area contributed by atoms with Crippen LogP contribution in [0.25, 0.3) is 11.1 Å². The van der Waals surface area contributed by atoms with Gasteiger partial charge < -0.3 is 14.5 Å². The number of hydrogen-bond acceptors (Lipinski definition) is 4. The molecule has 2 heterocycles. The summed E-state index contributed by atoms with van der Waals surface area (Å²) in [5.74, 6) is -0.0131. The number of amides is 2. The normalized spacial score (nSPS) is 14.3. The maximum atomic E-state index is 12.9. The fraction of sp³-hybridized carbons (Fsp3) is 0.450. The van der Waals surface area contributed by atoms with Gasteiger partial charge in [0, 0.05) is 49.5 Å². The third kappa shape index (κ3) is 3.97. The zero-order valence-corrected chi connectivity index (χ0v) is 16.1. The Morgan fingerprint density at radius 2 is 1.81 bits per heavy atom. The zero-order valence-electron chi connectivity index (χ0n) is 16.1. The number of hydrogen-bond donors (Lipinski definition) is 0. The number of piperazine rings is 1. The van der Waals surface area contributed by atoms with E-state index in [-0.39, 0.29) is 12.0 Å². The molecule has 0 spiro atoms. The van der Waals surface area contributed by atoms with Gasteiger partial charge in [-0.05, 0) is 38.5 Å². The average Bonchev–Trinajstić information content (AvgIpc) is 3.08. The Bertz CT molecular complexity index is 822. The molecular weight excluding hydrogens is 344 g/mol. The van der Waals surface area contributed by atoms with Crippen LogP contribution >= 0.6 is 0 Å². The van der Waals surface area contributed by atoms with Crippen LogP contribution < -0.4 is 0 Å². The molecule has 1 aliphatic heterocycles. The van der Waals surface area contributed by atoms with E-state index in [0.29, 0.717) is 38.3 Å². The van der Waals surface area contributed by atoms with Gasteiger partial charge in [0.05, 0.1) is 12.8 Å². The summed E-state index contributed by atoms with van der Waals surface area (Å²) in [5, 5.41) is 4.39. The molecule has 0 aliphatic carbocycles. The summed E-state index contributed by atoms with van der Waals surface area (Å²) < 4.78 is 6.97. The number of carbonyl (C=O) groups excluding carboxylic acids is 2. The predicted molar refractivity (Wildman–Crippen MR) is 103 cm³/mol. The van der Waals surface area contributed by atoms with Gasteiger partial charge in [0.15, 0.2) is 0 Å². The lowest BCUT2D eigenvalue weighted by molar-refractivity contribution is 0.0570. The Kier molecular flexibility index (Phi) is 5.78. The Balaban J connectivity index is 1.71. The summed E-state index contributed by atoms with van der Waals surface area (Å²) in [5.41, 5.74) is 3.77. The molecule has 1 aromatic heterocycles. The maximum Gasteiger partial charge on any atom is 0.409 e. The lowest BCUT2D eigenvalue weighted by Crippen LogP contribution is -2.50. The molecule has 1 fully saturated rings. The van der Waals surface area contributed by atoms with E-state index in [9.17, 15) is 9.59 Å². The van der Waals surface area contributed by atoms with Gasteiger partial charge in [-0.15, -0.1) is 0 Å². The first-order valence-electron chi connectivity index (χ1n) is 9.39. The molecule has 0 radical (unpaired) electrons. The van der Waals surface area contributed by atoms with Crippen LogP contribution in [0.3, 0.4) is 0 Å². The topological polar surface area (TPSA) is 67.7 Å². The predicted octanol–water partition coefficient (Wildman–Crippen LogP) is 2.79. The molecule has 144 valence electrons. The Hall–Kier alpha value is -2.83. The van der Waals surface area contributed by atoms with Gasteiger partial charge in [0.2, 0.25) is 0 Å². The zero-order chi connectivity index (χ0) is 19.4. The second-order valence-electron chi connectivity index (χ2n) is 6.52. The van der Waals surface area contributed by atoms with Crippen molar-refractivity contribution in [2.24, 2.45) is 0 Å². The van der Waals surface area contributed by atoms with E-state index in [2.05, 4.69) is 12.0 Å². The van der Waals surface area contributed by atoms with Crippen molar-refractivity contribution < 1.29 is 14.3 Å². The molecule has 2 aromatic rings. The molecule has 1 aromatic carbocycles. The first-order chi connectivity index (χ1) is 13.0. The van der Waals surface area contributed by atoms with Crippen molar-refractivity contribution >= 4 is 12.0 Å². The van der Waals surface area contributed by atoms with Crippen molar-refractivity contribution in [1.29, 1.82) is 0 Å². The summed E-state index contributed by atoms with van der Waals surface area (Å²) in [6, 6.07) is 7.66. The highest BCUT2D eigenvalue weighted by Crippen LogP contribution is 2.24. The maximum absolute atomic E-state index is 12.9. The Labute approximate surface area is 159 Å². The summed E-state index contributed by atoms with van der Waals surface area (Å²) in [7, 11) is 0. The van der Waals surface area contributed by atoms with E-state index in [1.54, 1.807) is 16.7 Å². The number of rotatable bonds is 4. The number of carbonyl (C=O) groups is 2. The molecular formula is C20H26N4O3. The van der Waals surface area contributed by atoms with Crippen LogP contribution in [-0.2, 0) is 11.3 Å². The fourth-order valence-electron chi connectivity index (χ4n) is 3.36. The molecule has 7 heteroatoms. The van der Waals surface area contributed by atoms with Crippen molar-refractivity contribution in [3.05, 3.63) is 41.7 Å². The van der Waals surface area contributed by atoms with Crippen LogP contribution in [0.4, 0.5) is 4.79 Å². The first kappa shape index (κ1) is 18.9. The standard InChI is InChI=1S/C20H26N4O3/c1-4-24-15(3)18(14-21-24)16-7-6-8-17(13-16)19(25)22-9-11-23(12-10-22)20(26)27-5-2/h6-8,13-14H,4-5,9-12H2,1-3H3. The summed E-state index contributed by atoms with van der Waals surface area (Å²) in [4.78, 5) is 28.1. The highest BCUT2D eigenvalue weighted by atomic mass is 16.6. The van der Waals surface area contributed by atoms with E-state index < -0.39 is 0 Å². The molecule has 0 saturated carbocycles. The first-order valence-corrected chi connectivity index (χ1v) is 9.39. The molecule has 27 heavy (non-hydrogen) atoms. The lowest BCUT2D eigenvalue weighted by atomic mass is 10.0. The summed E-state index contributed by atoms with van der Waals surface area (Å²) >= 11 is 0. The van der Waals surface area contributed by atoms with Gasteiger partial charge in [-0.25, -0.2) is 4.79 Å². The van der Waals surface area contributed by atoms with Crippen LogP contribution in [0.2, 0.25) is 0 Å². The third-order valence-corrected chi connectivity index (χ3v) is 4.92. The van der Waals surface area contributed by atoms with E-state index in [1.807, 2.05) is 42.1 Å². The molecule has 1 aliphatic rings. The average molecular weight is 370 g/mol. The van der Waals surface area contributed by atoms with Gasteiger partial charge in [-0.3, -0.25) is 9.48 Å². The van der Waals surface area contributed by atoms with Crippen LogP contribution in [0, 0.1) is 6.92 Å². The van der Waals surface area contributed by atoms with Gasteiger partial charge in [0.25, 0.3) is 5.91 Å². The minimum atomic E-state index is -0.310. The second kappa shape index (κ2) is 8.24. The largest absolute Gasteiger partial charge is 0.450 e. The van der Waals surface area contributed by atoms with Crippen LogP contribution in [-0.4, -0.2) is 64.4 Å². The van der Waals surface area contributed by atoms with Gasteiger partial charge in [-0.2, -0.15) is 5.10 Å². The molecule has 1 saturated heterocycles. The second-order valence-corrected chi connectivity index (χ2v) is 6.52. The number of aromatic nitrogens is 2. The minimum Gasteiger partial charge on any atom is -0.450 e. The quantitative estimate of drug-likeness (QED) is 0.830. The molecule has 2 amide bonds. The number of nitrogens with zero attached hydrogens (tertiary/aromatic N) is 4. The van der Waals surface area contributed by atoms with Crippen molar-refractivity contribution in [3.63, 3.8) is 0 Å². The SMILES string of the molecule is CCOC(=O)N1CCN(C(=O)c2cccc(-c3cnn(CC)c3C)c2)CC1. The van der Waals surface area contributed by atoms with Gasteiger partial charge in [0.1, 0.15) is 0 Å². The highest BCUT2D eigenvalue weighted by Gasteiger charge is 2.25. The molecule has 7 nitrogen and oxygen atoms in total. The summed E-state index contributed by atoms with van der Waals surface area (Å²) in [6.07, 6.45) is 1.54. The van der Waals surface area contributed by atoms with E-state index in [1.165, 1.54) is 0 Å². The summed E-state index contributed by atoms with van der Waals surface area (Å²) in [6.45, 7) is 9.06. The van der Waals surface area contributed by atoms with E-state index in [4.69, 9.17) is 4.74 Å². The third-order valence-electron chi connectivity index (χ3n) is 4.92. The van der Waals surface area contributed by atoms with Crippen LogP contribution in [0.15, 0.2) is 30.5 Å². The molecule has 0 unspecified atom stereocenters. The molecule has 3 rings (SSSR count). The Morgan fingerprint density at radius 1 is 1.11 bits per heavy atom. The Morgan fingerprint density at radius 3 is 2.44 bits per heavy atom. The van der Waals surface area contributed by atoms with Crippen molar-refractivity contribution in [2.45, 2.75) is 27.3 Å². The number of ether oxygens (including phenoxy) is 1. The monoisotopic (exact) mass is 370 g/mol. The highest BCUT2D eigenvalue weighted by molar-refractivity contribution is 5.95. The number of aryl methyl sites for hydroxylation is 1. The van der Waals surface area contributed by atoms with Crippen LogP contribution in [0.5, 0.6) is 0 Å². The smallest absolute Gasteiger partial charge is 0.409 e. The lowest BCUT2D eigenvalue weighted by Gasteiger charge is -2.34. The van der Waals surface area contributed by atoms with Crippen LogP contribution in [0.1, 0.15) is 29.9 Å². The van der Waals surface area contributed by atoms with Gasteiger partial charge in [-0.1, -0.05) is 12.1 Å². The van der Waals surface area contributed by atoms with Crippen molar-refractivity contribution in [2.75, 3.05) is 32.8 Å². The molecule has 0 N–H and O–H groups in total. The van der Waals surface area contributed by atoms with E-state index >= 15 is 0 Å².